The molecule has 0 amide bonds. The number of fused-ring (bicyclic) bond motifs is 2. The van der Waals surface area contributed by atoms with Crippen LogP contribution in [0.15, 0.2) is 59.3 Å². The lowest BCUT2D eigenvalue weighted by atomic mass is 9.72. The van der Waals surface area contributed by atoms with E-state index in [0.717, 1.165) is 18.4 Å². The van der Waals surface area contributed by atoms with E-state index in [1.54, 1.807) is 33.3 Å². The van der Waals surface area contributed by atoms with Crippen molar-refractivity contribution in [2.75, 3.05) is 20.8 Å². The molecule has 0 aromatic carbocycles. The molecule has 3 N–H and O–H groups in total. The molecule has 0 aromatic rings. The van der Waals surface area contributed by atoms with Crippen LogP contribution in [0.4, 0.5) is 0 Å². The number of allylic oxidation sites excluding steroid dienone is 2. The Kier molecular flexibility index (Phi) is 15.1. The number of aliphatic hydroxyl groups excluding tert-OH is 2. The van der Waals surface area contributed by atoms with E-state index in [2.05, 4.69) is 32.9 Å². The van der Waals surface area contributed by atoms with Gasteiger partial charge in [-0.15, -0.1) is 0 Å². The molecule has 2 bridgehead atoms. The highest BCUT2D eigenvalue weighted by Crippen LogP contribution is 2.47. The number of hydrogen-bond acceptors (Lipinski definition) is 14. The lowest BCUT2D eigenvalue weighted by molar-refractivity contribution is -0.318. The van der Waals surface area contributed by atoms with Gasteiger partial charge in [-0.2, -0.15) is 0 Å². The van der Waals surface area contributed by atoms with Gasteiger partial charge in [-0.05, 0) is 63.2 Å². The number of aliphatic hydroxyl groups is 3. The van der Waals surface area contributed by atoms with E-state index in [4.69, 9.17) is 47.4 Å². The average molecular weight is 899 g/mol. The van der Waals surface area contributed by atoms with Gasteiger partial charge in [0.25, 0.3) is 0 Å². The summed E-state index contributed by atoms with van der Waals surface area (Å²) in [4.78, 5) is 14.4. The maximum atomic E-state index is 14.4. The van der Waals surface area contributed by atoms with Crippen LogP contribution < -0.4 is 0 Å². The van der Waals surface area contributed by atoms with Gasteiger partial charge in [-0.25, -0.2) is 4.79 Å². The van der Waals surface area contributed by atoms with Crippen LogP contribution in [-0.4, -0.2) is 139 Å². The highest BCUT2D eigenvalue weighted by molar-refractivity contribution is 5.93. The van der Waals surface area contributed by atoms with Crippen molar-refractivity contribution in [3.8, 4) is 0 Å². The van der Waals surface area contributed by atoms with Crippen molar-refractivity contribution in [3.05, 3.63) is 59.3 Å². The SMILES string of the molecule is CO[C@H]1C[C@H](O[C@H]2[C@H](C)O[C@@H](O[C@@H]3/C(C)=C\C[C@@H]4C[C@@H](C[C@]5(C=C[C@H](C)[C@@H](C6CCCCC6)O5)O4)OC(=O)C4=C[C@H](C)[C@@H](O)[C@H]5OC/C(=C/C=C\[C@@H]3C)[C@@]45O)C[C@@H]2OC)O[C@@H](C)[C@@H]1O. The number of ether oxygens (including phenoxy) is 10. The fourth-order valence-electron chi connectivity index (χ4n) is 11.6. The summed E-state index contributed by atoms with van der Waals surface area (Å²) in [6, 6.07) is 0. The lowest BCUT2D eigenvalue weighted by Gasteiger charge is -2.49. The van der Waals surface area contributed by atoms with Crippen molar-refractivity contribution in [1.29, 1.82) is 0 Å². The summed E-state index contributed by atoms with van der Waals surface area (Å²) in [6.45, 7) is 11.9. The molecule has 8 rings (SSSR count). The Balaban J connectivity index is 1.08. The number of methoxy groups -OCH3 is 2. The van der Waals surface area contributed by atoms with Crippen molar-refractivity contribution >= 4 is 5.97 Å². The fraction of sp³-hybridized carbons (Fsp3) is 0.780. The number of esters is 1. The van der Waals surface area contributed by atoms with Gasteiger partial charge in [0.2, 0.25) is 0 Å². The molecule has 14 nitrogen and oxygen atoms in total. The molecule has 19 atom stereocenters. The summed E-state index contributed by atoms with van der Waals surface area (Å²) in [6.07, 6.45) is 13.8. The number of rotatable bonds is 7. The van der Waals surface area contributed by atoms with E-state index in [0.29, 0.717) is 43.6 Å². The Bertz CT molecular complexity index is 1790. The molecule has 14 heteroatoms. The minimum atomic E-state index is -1.89. The molecule has 1 saturated carbocycles. The molecular formula is C50H74O14. The second-order valence-electron chi connectivity index (χ2n) is 20.0. The Morgan fingerprint density at radius 3 is 2.27 bits per heavy atom. The molecule has 8 aliphatic rings. The fourth-order valence-corrected chi connectivity index (χ4v) is 11.6. The molecule has 5 fully saturated rings. The topological polar surface area (TPSA) is 170 Å². The van der Waals surface area contributed by atoms with E-state index in [1.165, 1.54) is 19.3 Å². The van der Waals surface area contributed by atoms with Crippen LogP contribution in [0.5, 0.6) is 0 Å². The van der Waals surface area contributed by atoms with E-state index < -0.39 is 90.8 Å². The largest absolute Gasteiger partial charge is 0.459 e. The molecule has 6 heterocycles. The van der Waals surface area contributed by atoms with Crippen molar-refractivity contribution in [1.82, 2.24) is 0 Å². The third-order valence-corrected chi connectivity index (χ3v) is 15.4. The number of carbonyl (C=O) groups excluding carboxylic acids is 1. The molecule has 4 saturated heterocycles. The second-order valence-corrected chi connectivity index (χ2v) is 20.0. The van der Waals surface area contributed by atoms with E-state index in [1.807, 2.05) is 32.1 Å². The van der Waals surface area contributed by atoms with Gasteiger partial charge >= 0.3 is 5.97 Å². The smallest absolute Gasteiger partial charge is 0.337 e. The molecule has 0 radical (unpaired) electrons. The molecule has 6 aliphatic heterocycles. The second kappa shape index (κ2) is 20.1. The molecule has 64 heavy (non-hydrogen) atoms. The molecule has 0 unspecified atom stereocenters. The van der Waals surface area contributed by atoms with Crippen molar-refractivity contribution in [3.63, 3.8) is 0 Å². The van der Waals surface area contributed by atoms with E-state index in [9.17, 15) is 20.1 Å². The highest BCUT2D eigenvalue weighted by atomic mass is 16.7. The molecule has 358 valence electrons. The van der Waals surface area contributed by atoms with Crippen LogP contribution in [-0.2, 0) is 52.2 Å². The van der Waals surface area contributed by atoms with Crippen molar-refractivity contribution < 1.29 is 67.5 Å². The first-order chi connectivity index (χ1) is 30.6. The van der Waals surface area contributed by atoms with Gasteiger partial charge < -0.3 is 62.7 Å². The summed E-state index contributed by atoms with van der Waals surface area (Å²) in [5.41, 5.74) is -0.390. The Hall–Kier alpha value is -2.31. The normalized spacial score (nSPS) is 49.2. The van der Waals surface area contributed by atoms with Gasteiger partial charge in [0, 0.05) is 57.7 Å². The zero-order chi connectivity index (χ0) is 45.5. The zero-order valence-corrected chi connectivity index (χ0v) is 39.0. The highest BCUT2D eigenvalue weighted by Gasteiger charge is 2.59. The van der Waals surface area contributed by atoms with E-state index in [-0.39, 0.29) is 42.3 Å². The van der Waals surface area contributed by atoms with Crippen LogP contribution in [0.3, 0.4) is 0 Å². The molecule has 1 spiro atoms. The standard InChI is InChI=1S/C50H74O14/c1-27-13-12-16-34-26-57-47-42(51)30(4)21-37(50(34,47)54)48(53)60-36-22-35(63-49(25-36)20-19-29(3)45(64-49)33-14-10-9-11-15-33)18-17-28(2)44(27)61-41-24-39(56-8)46(32(6)59-41)62-40-23-38(55-7)43(52)31(5)58-40/h12-13,16-17,19-21,27,29-33,35-36,38-47,51-52,54H,9-11,14-15,18,22-26H2,1-8H3/b13-12-,28-17-,34-16-/t27-,29-,30-,31-,32-,35+,36-,38-,39-,40-,41-,42+,43-,44-,45-,46-,47+,49+,50+/m0/s1. The van der Waals surface area contributed by atoms with Gasteiger partial charge in [0.05, 0.1) is 61.0 Å². The predicted octanol–water partition coefficient (Wildman–Crippen LogP) is 5.91. The van der Waals surface area contributed by atoms with Gasteiger partial charge in [0.15, 0.2) is 18.4 Å². The monoisotopic (exact) mass is 899 g/mol. The first kappa shape index (κ1) is 48.2. The molecular weight excluding hydrogens is 825 g/mol. The summed E-state index contributed by atoms with van der Waals surface area (Å²) < 4.78 is 64.1. The number of hydrogen-bond donors (Lipinski definition) is 3. The third kappa shape index (κ3) is 9.82. The summed E-state index contributed by atoms with van der Waals surface area (Å²) in [7, 11) is 3.23. The lowest BCUT2D eigenvalue weighted by Crippen LogP contribution is -2.56. The minimum absolute atomic E-state index is 0.0260. The summed E-state index contributed by atoms with van der Waals surface area (Å²) in [5.74, 6) is -1.75. The third-order valence-electron chi connectivity index (χ3n) is 15.4. The number of carbonyl (C=O) groups is 1. The maximum absolute atomic E-state index is 14.4. The van der Waals surface area contributed by atoms with Gasteiger partial charge in [-0.3, -0.25) is 0 Å². The Morgan fingerprint density at radius 2 is 1.52 bits per heavy atom. The summed E-state index contributed by atoms with van der Waals surface area (Å²) in [5, 5.41) is 34.3. The molecule has 2 aliphatic carbocycles. The van der Waals surface area contributed by atoms with E-state index >= 15 is 0 Å². The molecule has 0 aromatic heterocycles. The van der Waals surface area contributed by atoms with Crippen LogP contribution in [0.2, 0.25) is 0 Å². The average Bonchev–Trinajstić information content (AvgIpc) is 3.62. The van der Waals surface area contributed by atoms with Crippen LogP contribution in [0, 0.1) is 23.7 Å². The Labute approximate surface area is 379 Å². The Morgan fingerprint density at radius 1 is 0.797 bits per heavy atom. The van der Waals surface area contributed by atoms with Crippen LogP contribution >= 0.6 is 0 Å². The zero-order valence-electron chi connectivity index (χ0n) is 39.0. The first-order valence-corrected chi connectivity index (χ1v) is 24.0. The minimum Gasteiger partial charge on any atom is -0.459 e. The van der Waals surface area contributed by atoms with Gasteiger partial charge in [-0.1, -0.05) is 76.5 Å². The quantitative estimate of drug-likeness (QED) is 0.204. The summed E-state index contributed by atoms with van der Waals surface area (Å²) >= 11 is 0. The van der Waals surface area contributed by atoms with Crippen molar-refractivity contribution in [2.24, 2.45) is 23.7 Å². The van der Waals surface area contributed by atoms with Gasteiger partial charge in [0.1, 0.15) is 30.0 Å². The maximum Gasteiger partial charge on any atom is 0.337 e. The first-order valence-electron chi connectivity index (χ1n) is 24.0. The predicted molar refractivity (Wildman–Crippen MR) is 234 cm³/mol. The van der Waals surface area contributed by atoms with Crippen LogP contribution in [0.1, 0.15) is 106 Å². The van der Waals surface area contributed by atoms with Crippen molar-refractivity contribution in [2.45, 2.75) is 203 Å². The van der Waals surface area contributed by atoms with Crippen LogP contribution in [0.25, 0.3) is 0 Å².